The molecule has 0 bridgehead atoms. The number of ether oxygens (including phenoxy) is 2. The Hall–Kier alpha value is -1.14. The quantitative estimate of drug-likeness (QED) is 0.740. The second-order valence-electron chi connectivity index (χ2n) is 5.32. The monoisotopic (exact) mass is 294 g/mol. The normalized spacial score (nSPS) is 21.1. The molecule has 1 aromatic carbocycles. The largest absolute Gasteiger partial charge is 0.491 e. The predicted molar refractivity (Wildman–Crippen MR) is 82.7 cm³/mol. The zero-order valence-electron chi connectivity index (χ0n) is 12.7. The molecule has 1 fully saturated rings. The third kappa shape index (κ3) is 6.01. The van der Waals surface area contributed by atoms with Crippen molar-refractivity contribution in [3.8, 4) is 5.75 Å². The molecule has 0 aliphatic carbocycles. The first-order valence-electron chi connectivity index (χ1n) is 7.68. The maximum atomic E-state index is 9.90. The van der Waals surface area contributed by atoms with Crippen molar-refractivity contribution in [1.29, 1.82) is 0 Å². The highest BCUT2D eigenvalue weighted by Gasteiger charge is 2.19. The summed E-state index contributed by atoms with van der Waals surface area (Å²) in [4.78, 5) is 2.38. The highest BCUT2D eigenvalue weighted by Crippen LogP contribution is 2.08. The summed E-state index contributed by atoms with van der Waals surface area (Å²) in [5, 5.41) is 13.2. The van der Waals surface area contributed by atoms with E-state index in [0.717, 1.165) is 38.5 Å². The van der Waals surface area contributed by atoms with Crippen LogP contribution in [0.1, 0.15) is 6.92 Å². The van der Waals surface area contributed by atoms with Crippen LogP contribution in [0.4, 0.5) is 0 Å². The van der Waals surface area contributed by atoms with Gasteiger partial charge in [-0.05, 0) is 18.7 Å². The Bertz CT molecular complexity index is 388. The van der Waals surface area contributed by atoms with E-state index < -0.39 is 6.10 Å². The molecule has 0 saturated carbocycles. The Morgan fingerprint density at radius 3 is 3.00 bits per heavy atom. The fraction of sp³-hybridized carbons (Fsp3) is 0.625. The van der Waals surface area contributed by atoms with Gasteiger partial charge in [0.1, 0.15) is 18.5 Å². The molecule has 2 N–H and O–H groups in total. The molecule has 21 heavy (non-hydrogen) atoms. The molecule has 1 aliphatic heterocycles. The van der Waals surface area contributed by atoms with Crippen LogP contribution in [0.25, 0.3) is 0 Å². The summed E-state index contributed by atoms with van der Waals surface area (Å²) in [7, 11) is 0. The van der Waals surface area contributed by atoms with Gasteiger partial charge >= 0.3 is 0 Å². The van der Waals surface area contributed by atoms with Crippen LogP contribution in [-0.4, -0.2) is 68.2 Å². The van der Waals surface area contributed by atoms with Crippen molar-refractivity contribution in [2.24, 2.45) is 0 Å². The van der Waals surface area contributed by atoms with Crippen LogP contribution < -0.4 is 10.1 Å². The lowest BCUT2D eigenvalue weighted by molar-refractivity contribution is -0.0266. The van der Waals surface area contributed by atoms with E-state index in [1.807, 2.05) is 30.3 Å². The van der Waals surface area contributed by atoms with E-state index in [4.69, 9.17) is 9.47 Å². The van der Waals surface area contributed by atoms with Crippen molar-refractivity contribution in [1.82, 2.24) is 10.2 Å². The number of benzene rings is 1. The third-order valence-corrected chi connectivity index (χ3v) is 3.61. The molecule has 1 aliphatic rings. The first-order valence-corrected chi connectivity index (χ1v) is 7.68. The van der Waals surface area contributed by atoms with Gasteiger partial charge in [-0.15, -0.1) is 0 Å². The summed E-state index contributed by atoms with van der Waals surface area (Å²) in [6, 6.07) is 9.54. The van der Waals surface area contributed by atoms with Gasteiger partial charge in [-0.1, -0.05) is 25.1 Å². The Morgan fingerprint density at radius 2 is 2.24 bits per heavy atom. The van der Waals surface area contributed by atoms with Crippen LogP contribution in [0.3, 0.4) is 0 Å². The van der Waals surface area contributed by atoms with Crippen LogP contribution in [-0.2, 0) is 4.74 Å². The molecule has 0 aromatic heterocycles. The number of morpholine rings is 1. The lowest BCUT2D eigenvalue weighted by Gasteiger charge is -2.32. The van der Waals surface area contributed by atoms with E-state index in [0.29, 0.717) is 13.2 Å². The van der Waals surface area contributed by atoms with Gasteiger partial charge in [0.15, 0.2) is 0 Å². The second kappa shape index (κ2) is 9.00. The number of likely N-dealkylation sites (N-methyl/N-ethyl adjacent to an activating group) is 1. The minimum Gasteiger partial charge on any atom is -0.491 e. The number of nitrogens with zero attached hydrogens (tertiary/aromatic N) is 1. The highest BCUT2D eigenvalue weighted by molar-refractivity contribution is 5.20. The molecule has 0 spiro atoms. The zero-order valence-corrected chi connectivity index (χ0v) is 12.7. The summed E-state index contributed by atoms with van der Waals surface area (Å²) in [6.07, 6.45) is -0.308. The molecule has 5 heteroatoms. The molecule has 2 rings (SSSR count). The van der Waals surface area contributed by atoms with Crippen LogP contribution >= 0.6 is 0 Å². The number of aliphatic hydroxyl groups is 1. The second-order valence-corrected chi connectivity index (χ2v) is 5.32. The van der Waals surface area contributed by atoms with Crippen molar-refractivity contribution < 1.29 is 14.6 Å². The van der Waals surface area contributed by atoms with Crippen molar-refractivity contribution in [2.45, 2.75) is 19.1 Å². The van der Waals surface area contributed by atoms with Crippen molar-refractivity contribution in [2.75, 3.05) is 45.9 Å². The van der Waals surface area contributed by atoms with Crippen LogP contribution in [0.2, 0.25) is 0 Å². The van der Waals surface area contributed by atoms with Gasteiger partial charge in [-0.3, -0.25) is 4.90 Å². The smallest absolute Gasteiger partial charge is 0.119 e. The summed E-state index contributed by atoms with van der Waals surface area (Å²) in [5.74, 6) is 0.783. The minimum absolute atomic E-state index is 0.209. The molecule has 2 atom stereocenters. The summed E-state index contributed by atoms with van der Waals surface area (Å²) in [5.41, 5.74) is 0. The maximum absolute atomic E-state index is 9.90. The first kappa shape index (κ1) is 16.2. The Morgan fingerprint density at radius 1 is 1.43 bits per heavy atom. The number of aliphatic hydroxyl groups excluding tert-OH is 1. The maximum Gasteiger partial charge on any atom is 0.119 e. The van der Waals surface area contributed by atoms with Gasteiger partial charge in [-0.25, -0.2) is 0 Å². The highest BCUT2D eigenvalue weighted by atomic mass is 16.5. The van der Waals surface area contributed by atoms with E-state index in [9.17, 15) is 5.11 Å². The lowest BCUT2D eigenvalue weighted by atomic mass is 10.2. The number of hydrogen-bond donors (Lipinski definition) is 2. The Labute approximate surface area is 126 Å². The molecule has 1 saturated heterocycles. The zero-order chi connectivity index (χ0) is 14.9. The fourth-order valence-electron chi connectivity index (χ4n) is 2.37. The van der Waals surface area contributed by atoms with Crippen LogP contribution in [0, 0.1) is 0 Å². The van der Waals surface area contributed by atoms with Gasteiger partial charge in [0, 0.05) is 26.2 Å². The molecular formula is C16H26N2O3. The van der Waals surface area contributed by atoms with E-state index >= 15 is 0 Å². The van der Waals surface area contributed by atoms with Gasteiger partial charge in [0.05, 0.1) is 12.7 Å². The van der Waals surface area contributed by atoms with Crippen LogP contribution in [0.15, 0.2) is 30.3 Å². The average molecular weight is 294 g/mol. The van der Waals surface area contributed by atoms with Crippen molar-refractivity contribution in [3.05, 3.63) is 30.3 Å². The SMILES string of the molecule is CCN1CCOC(CNCC(O)COc2ccccc2)C1. The van der Waals surface area contributed by atoms with Crippen molar-refractivity contribution in [3.63, 3.8) is 0 Å². The van der Waals surface area contributed by atoms with Gasteiger partial charge in [0.2, 0.25) is 0 Å². The molecule has 0 radical (unpaired) electrons. The molecular weight excluding hydrogens is 268 g/mol. The number of hydrogen-bond acceptors (Lipinski definition) is 5. The fourth-order valence-corrected chi connectivity index (χ4v) is 2.37. The molecule has 5 nitrogen and oxygen atoms in total. The molecule has 1 heterocycles. The Kier molecular flexibility index (Phi) is 6.95. The topological polar surface area (TPSA) is 54.0 Å². The average Bonchev–Trinajstić information content (AvgIpc) is 2.54. The van der Waals surface area contributed by atoms with E-state index in [-0.39, 0.29) is 6.10 Å². The van der Waals surface area contributed by atoms with Gasteiger partial charge in [0.25, 0.3) is 0 Å². The minimum atomic E-state index is -0.518. The molecule has 2 unspecified atom stereocenters. The first-order chi connectivity index (χ1) is 10.3. The third-order valence-electron chi connectivity index (χ3n) is 3.61. The van der Waals surface area contributed by atoms with E-state index in [1.165, 1.54) is 0 Å². The van der Waals surface area contributed by atoms with Crippen LogP contribution in [0.5, 0.6) is 5.75 Å². The summed E-state index contributed by atoms with van der Waals surface area (Å²) in [6.45, 7) is 7.57. The molecule has 1 aromatic rings. The number of nitrogens with one attached hydrogen (secondary N) is 1. The number of para-hydroxylation sites is 1. The molecule has 118 valence electrons. The van der Waals surface area contributed by atoms with E-state index in [2.05, 4.69) is 17.1 Å². The molecule has 0 amide bonds. The number of rotatable bonds is 8. The van der Waals surface area contributed by atoms with Gasteiger partial charge < -0.3 is 19.9 Å². The van der Waals surface area contributed by atoms with Crippen molar-refractivity contribution >= 4 is 0 Å². The summed E-state index contributed by atoms with van der Waals surface area (Å²) < 4.78 is 11.2. The Balaban J connectivity index is 1.57. The lowest BCUT2D eigenvalue weighted by Crippen LogP contribution is -2.47. The predicted octanol–water partition coefficient (Wildman–Crippen LogP) is 0.737. The van der Waals surface area contributed by atoms with E-state index in [1.54, 1.807) is 0 Å². The standard InChI is InChI=1S/C16H26N2O3/c1-2-18-8-9-20-16(12-18)11-17-10-14(19)13-21-15-6-4-3-5-7-15/h3-7,14,16-17,19H,2,8-13H2,1H3. The summed E-state index contributed by atoms with van der Waals surface area (Å²) >= 11 is 0. The van der Waals surface area contributed by atoms with Gasteiger partial charge in [-0.2, -0.15) is 0 Å².